The SMILES string of the molecule is FC(F)(F)COCCc1noc([C@H]2CCCCN2)n1. The highest BCUT2D eigenvalue weighted by Gasteiger charge is 2.27. The van der Waals surface area contributed by atoms with E-state index in [0.717, 1.165) is 25.8 Å². The van der Waals surface area contributed by atoms with Gasteiger partial charge in [-0.1, -0.05) is 11.6 Å². The van der Waals surface area contributed by atoms with Gasteiger partial charge >= 0.3 is 6.18 Å². The largest absolute Gasteiger partial charge is 0.411 e. The summed E-state index contributed by atoms with van der Waals surface area (Å²) < 4.78 is 45.1. The lowest BCUT2D eigenvalue weighted by Crippen LogP contribution is -2.27. The van der Waals surface area contributed by atoms with Crippen molar-refractivity contribution in [3.05, 3.63) is 11.7 Å². The minimum absolute atomic E-state index is 0.0612. The van der Waals surface area contributed by atoms with Crippen LogP contribution in [-0.2, 0) is 11.2 Å². The molecule has 1 aliphatic heterocycles. The normalized spacial score (nSPS) is 20.7. The maximum Gasteiger partial charge on any atom is 0.411 e. The molecule has 0 aromatic carbocycles. The number of halogens is 3. The molecule has 108 valence electrons. The molecule has 1 aromatic rings. The summed E-state index contributed by atoms with van der Waals surface area (Å²) in [6.07, 6.45) is -0.917. The Morgan fingerprint density at radius 3 is 2.89 bits per heavy atom. The summed E-state index contributed by atoms with van der Waals surface area (Å²) in [5, 5.41) is 7.00. The van der Waals surface area contributed by atoms with Crippen molar-refractivity contribution >= 4 is 0 Å². The predicted octanol–water partition coefficient (Wildman–Crippen LogP) is 2.01. The molecule has 0 bridgehead atoms. The Bertz CT molecular complexity index is 389. The van der Waals surface area contributed by atoms with Crippen LogP contribution >= 0.6 is 0 Å². The molecule has 0 saturated carbocycles. The summed E-state index contributed by atoms with van der Waals surface area (Å²) in [6.45, 7) is -0.407. The van der Waals surface area contributed by atoms with Crippen molar-refractivity contribution in [2.45, 2.75) is 37.9 Å². The summed E-state index contributed by atoms with van der Waals surface area (Å²) in [5.74, 6) is 0.884. The Balaban J connectivity index is 1.74. The Labute approximate surface area is 108 Å². The number of aromatic nitrogens is 2. The van der Waals surface area contributed by atoms with E-state index in [4.69, 9.17) is 4.52 Å². The van der Waals surface area contributed by atoms with E-state index in [0.29, 0.717) is 11.7 Å². The quantitative estimate of drug-likeness (QED) is 0.835. The van der Waals surface area contributed by atoms with Crippen LogP contribution in [0.5, 0.6) is 0 Å². The maximum atomic E-state index is 11.8. The van der Waals surface area contributed by atoms with Crippen LogP contribution in [0.3, 0.4) is 0 Å². The first-order valence-electron chi connectivity index (χ1n) is 6.25. The smallest absolute Gasteiger partial charge is 0.372 e. The van der Waals surface area contributed by atoms with Crippen LogP contribution in [0.25, 0.3) is 0 Å². The number of rotatable bonds is 5. The van der Waals surface area contributed by atoms with Gasteiger partial charge in [-0.15, -0.1) is 0 Å². The number of hydrogen-bond donors (Lipinski definition) is 1. The third-order valence-electron chi connectivity index (χ3n) is 2.83. The predicted molar refractivity (Wildman–Crippen MR) is 59.5 cm³/mol. The summed E-state index contributed by atoms with van der Waals surface area (Å²) in [4.78, 5) is 4.17. The van der Waals surface area contributed by atoms with Crippen molar-refractivity contribution in [1.82, 2.24) is 15.5 Å². The monoisotopic (exact) mass is 279 g/mol. The fourth-order valence-electron chi connectivity index (χ4n) is 1.92. The minimum Gasteiger partial charge on any atom is -0.372 e. The molecule has 0 unspecified atom stereocenters. The zero-order chi connectivity index (χ0) is 13.7. The highest BCUT2D eigenvalue weighted by atomic mass is 19.4. The first-order chi connectivity index (χ1) is 9.04. The lowest BCUT2D eigenvalue weighted by Gasteiger charge is -2.19. The first kappa shape index (κ1) is 14.3. The van der Waals surface area contributed by atoms with Crippen LogP contribution in [0, 0.1) is 0 Å². The molecular formula is C11H16F3N3O2. The summed E-state index contributed by atoms with van der Waals surface area (Å²) >= 11 is 0. The van der Waals surface area contributed by atoms with Crippen LogP contribution in [0.15, 0.2) is 4.52 Å². The van der Waals surface area contributed by atoms with Gasteiger partial charge in [-0.05, 0) is 19.4 Å². The number of ether oxygens (including phenoxy) is 1. The van der Waals surface area contributed by atoms with E-state index in [9.17, 15) is 13.2 Å². The van der Waals surface area contributed by atoms with Gasteiger partial charge in [0.2, 0.25) is 5.89 Å². The van der Waals surface area contributed by atoms with E-state index in [2.05, 4.69) is 20.2 Å². The molecule has 8 heteroatoms. The van der Waals surface area contributed by atoms with E-state index in [-0.39, 0.29) is 19.1 Å². The molecule has 1 aliphatic rings. The minimum atomic E-state index is -4.30. The first-order valence-corrected chi connectivity index (χ1v) is 6.25. The Kier molecular flexibility index (Phi) is 4.76. The zero-order valence-electron chi connectivity index (χ0n) is 10.4. The van der Waals surface area contributed by atoms with Gasteiger partial charge in [0.1, 0.15) is 6.61 Å². The van der Waals surface area contributed by atoms with Crippen LogP contribution in [0.2, 0.25) is 0 Å². The van der Waals surface area contributed by atoms with E-state index in [1.807, 2.05) is 0 Å². The second-order valence-corrected chi connectivity index (χ2v) is 4.47. The van der Waals surface area contributed by atoms with E-state index in [1.54, 1.807) is 0 Å². The van der Waals surface area contributed by atoms with E-state index in [1.165, 1.54) is 0 Å². The van der Waals surface area contributed by atoms with Gasteiger partial charge in [-0.2, -0.15) is 18.2 Å². The standard InChI is InChI=1S/C11H16F3N3O2/c12-11(13,14)7-18-6-4-9-16-10(19-17-9)8-3-1-2-5-15-8/h8,15H,1-7H2/t8-/m1/s1. The molecule has 1 saturated heterocycles. The van der Waals surface area contributed by atoms with E-state index >= 15 is 0 Å². The van der Waals surface area contributed by atoms with Crippen molar-refractivity contribution < 1.29 is 22.4 Å². The van der Waals surface area contributed by atoms with Gasteiger partial charge in [0.15, 0.2) is 5.82 Å². The molecule has 0 radical (unpaired) electrons. The molecule has 19 heavy (non-hydrogen) atoms. The molecular weight excluding hydrogens is 263 g/mol. The molecule has 1 N–H and O–H groups in total. The van der Waals surface area contributed by atoms with Gasteiger partial charge in [-0.25, -0.2) is 0 Å². The van der Waals surface area contributed by atoms with Gasteiger partial charge < -0.3 is 14.6 Å². The van der Waals surface area contributed by atoms with Crippen LogP contribution in [0.4, 0.5) is 13.2 Å². The highest BCUT2D eigenvalue weighted by Crippen LogP contribution is 2.21. The zero-order valence-corrected chi connectivity index (χ0v) is 10.4. The fourth-order valence-corrected chi connectivity index (χ4v) is 1.92. The number of piperidine rings is 1. The van der Waals surface area contributed by atoms with Gasteiger partial charge in [0.05, 0.1) is 12.6 Å². The molecule has 0 amide bonds. The maximum absolute atomic E-state index is 11.8. The summed E-state index contributed by atoms with van der Waals surface area (Å²) in [6, 6.07) is 0.0612. The summed E-state index contributed by atoms with van der Waals surface area (Å²) in [5.41, 5.74) is 0. The summed E-state index contributed by atoms with van der Waals surface area (Å²) in [7, 11) is 0. The van der Waals surface area contributed by atoms with Crippen molar-refractivity contribution in [2.24, 2.45) is 0 Å². The Hall–Kier alpha value is -1.15. The average molecular weight is 279 g/mol. The molecule has 1 fully saturated rings. The number of hydrogen-bond acceptors (Lipinski definition) is 5. The van der Waals surface area contributed by atoms with Crippen LogP contribution in [-0.4, -0.2) is 36.1 Å². The Morgan fingerprint density at radius 2 is 2.21 bits per heavy atom. The molecule has 1 aromatic heterocycles. The van der Waals surface area contributed by atoms with Crippen molar-refractivity contribution in [2.75, 3.05) is 19.8 Å². The highest BCUT2D eigenvalue weighted by molar-refractivity contribution is 4.94. The average Bonchev–Trinajstić information content (AvgIpc) is 2.83. The molecule has 2 rings (SSSR count). The second kappa shape index (κ2) is 6.33. The molecule has 1 atom stereocenters. The third kappa shape index (κ3) is 4.79. The van der Waals surface area contributed by atoms with Crippen LogP contribution < -0.4 is 5.32 Å². The molecule has 0 spiro atoms. The van der Waals surface area contributed by atoms with Gasteiger partial charge in [0, 0.05) is 6.42 Å². The molecule has 5 nitrogen and oxygen atoms in total. The lowest BCUT2D eigenvalue weighted by atomic mass is 10.1. The molecule has 2 heterocycles. The van der Waals surface area contributed by atoms with Gasteiger partial charge in [0.25, 0.3) is 0 Å². The lowest BCUT2D eigenvalue weighted by molar-refractivity contribution is -0.173. The number of nitrogens with one attached hydrogen (secondary N) is 1. The van der Waals surface area contributed by atoms with Gasteiger partial charge in [-0.3, -0.25) is 0 Å². The topological polar surface area (TPSA) is 60.2 Å². The second-order valence-electron chi connectivity index (χ2n) is 4.47. The number of nitrogens with zero attached hydrogens (tertiary/aromatic N) is 2. The third-order valence-corrected chi connectivity index (χ3v) is 2.83. The Morgan fingerprint density at radius 1 is 1.37 bits per heavy atom. The number of alkyl halides is 3. The van der Waals surface area contributed by atoms with E-state index < -0.39 is 12.8 Å². The fraction of sp³-hybridized carbons (Fsp3) is 0.818. The van der Waals surface area contributed by atoms with Crippen molar-refractivity contribution in [3.63, 3.8) is 0 Å². The molecule has 0 aliphatic carbocycles. The van der Waals surface area contributed by atoms with Crippen molar-refractivity contribution in [1.29, 1.82) is 0 Å². The van der Waals surface area contributed by atoms with Crippen molar-refractivity contribution in [3.8, 4) is 0 Å². The van der Waals surface area contributed by atoms with Crippen LogP contribution in [0.1, 0.15) is 37.0 Å².